The lowest BCUT2D eigenvalue weighted by atomic mass is 10.1. The zero-order valence-electron chi connectivity index (χ0n) is 13.0. The van der Waals surface area contributed by atoms with Crippen LogP contribution in [-0.2, 0) is 10.0 Å². The van der Waals surface area contributed by atoms with Gasteiger partial charge in [-0.3, -0.25) is 4.79 Å². The summed E-state index contributed by atoms with van der Waals surface area (Å²) in [6.45, 7) is 0.941. The molecule has 1 aromatic heterocycles. The van der Waals surface area contributed by atoms with Crippen LogP contribution in [0.25, 0.3) is 10.9 Å². The number of benzene rings is 1. The number of sulfonamides is 1. The van der Waals surface area contributed by atoms with Crippen LogP contribution in [0.4, 0.5) is 0 Å². The minimum Gasteiger partial charge on any atom is -0.349 e. The van der Waals surface area contributed by atoms with Crippen LogP contribution >= 0.6 is 23.2 Å². The molecule has 0 atom stereocenters. The van der Waals surface area contributed by atoms with E-state index in [1.165, 1.54) is 0 Å². The molecule has 2 N–H and O–H groups in total. The maximum absolute atomic E-state index is 12.7. The van der Waals surface area contributed by atoms with Crippen LogP contribution < -0.4 is 4.72 Å². The van der Waals surface area contributed by atoms with E-state index in [0.29, 0.717) is 47.1 Å². The average molecular weight is 390 g/mol. The lowest BCUT2D eigenvalue weighted by Crippen LogP contribution is -2.46. The van der Waals surface area contributed by atoms with Gasteiger partial charge in [0.15, 0.2) is 0 Å². The normalized spacial score (nSPS) is 16.7. The first-order valence-corrected chi connectivity index (χ1v) is 10.1. The molecule has 0 spiro atoms. The van der Waals surface area contributed by atoms with Gasteiger partial charge in [-0.15, -0.1) is 0 Å². The smallest absolute Gasteiger partial charge is 0.271 e. The van der Waals surface area contributed by atoms with E-state index in [4.69, 9.17) is 23.2 Å². The maximum Gasteiger partial charge on any atom is 0.271 e. The summed E-state index contributed by atoms with van der Waals surface area (Å²) in [4.78, 5) is 17.4. The second-order valence-electron chi connectivity index (χ2n) is 5.96. The molecule has 1 aliphatic rings. The van der Waals surface area contributed by atoms with E-state index in [2.05, 4.69) is 9.71 Å². The fraction of sp³-hybridized carbons (Fsp3) is 0.400. The molecule has 2 heterocycles. The Morgan fingerprint density at radius 1 is 1.29 bits per heavy atom. The van der Waals surface area contributed by atoms with E-state index in [1.54, 1.807) is 23.1 Å². The van der Waals surface area contributed by atoms with Crippen LogP contribution in [-0.4, -0.2) is 49.6 Å². The van der Waals surface area contributed by atoms with Crippen molar-refractivity contribution in [3.05, 3.63) is 33.9 Å². The van der Waals surface area contributed by atoms with E-state index < -0.39 is 10.0 Å². The summed E-state index contributed by atoms with van der Waals surface area (Å²) >= 11 is 12.3. The third kappa shape index (κ3) is 3.69. The number of nitrogens with zero attached hydrogens (tertiary/aromatic N) is 1. The lowest BCUT2D eigenvalue weighted by Gasteiger charge is -2.31. The van der Waals surface area contributed by atoms with Gasteiger partial charge in [0, 0.05) is 35.1 Å². The Labute approximate surface area is 150 Å². The summed E-state index contributed by atoms with van der Waals surface area (Å²) in [6.07, 6.45) is 2.28. The number of hydrogen-bond donors (Lipinski definition) is 2. The molecule has 24 heavy (non-hydrogen) atoms. The van der Waals surface area contributed by atoms with Gasteiger partial charge in [-0.05, 0) is 31.0 Å². The minimum absolute atomic E-state index is 0.138. The molecule has 1 fully saturated rings. The molecule has 1 amide bonds. The average Bonchev–Trinajstić information content (AvgIpc) is 2.83. The number of likely N-dealkylation sites (tertiary alicyclic amines) is 1. The highest BCUT2D eigenvalue weighted by atomic mass is 35.5. The lowest BCUT2D eigenvalue weighted by molar-refractivity contribution is 0.0706. The number of H-pyrrole nitrogens is 1. The largest absolute Gasteiger partial charge is 0.349 e. The number of carbonyl (C=O) groups excluding carboxylic acids is 1. The quantitative estimate of drug-likeness (QED) is 0.846. The third-order valence-corrected chi connectivity index (χ3v) is 5.46. The second-order valence-corrected chi connectivity index (χ2v) is 8.55. The summed E-state index contributed by atoms with van der Waals surface area (Å²) in [5.74, 6) is -0.190. The fourth-order valence-electron chi connectivity index (χ4n) is 2.94. The van der Waals surface area contributed by atoms with Crippen molar-refractivity contribution in [2.24, 2.45) is 0 Å². The molecule has 0 bridgehead atoms. The Morgan fingerprint density at radius 3 is 2.58 bits per heavy atom. The van der Waals surface area contributed by atoms with Crippen LogP contribution in [0.2, 0.25) is 10.0 Å². The number of aromatic amines is 1. The summed E-state index contributed by atoms with van der Waals surface area (Å²) in [7, 11) is -3.24. The maximum atomic E-state index is 12.7. The zero-order valence-corrected chi connectivity index (χ0v) is 15.3. The number of piperidine rings is 1. The van der Waals surface area contributed by atoms with Crippen LogP contribution in [0, 0.1) is 0 Å². The Kier molecular flexibility index (Phi) is 4.79. The number of nitrogens with one attached hydrogen (secondary N) is 2. The molecule has 0 radical (unpaired) electrons. The van der Waals surface area contributed by atoms with Gasteiger partial charge in [-0.2, -0.15) is 0 Å². The highest BCUT2D eigenvalue weighted by molar-refractivity contribution is 7.88. The molecule has 0 saturated carbocycles. The topological polar surface area (TPSA) is 82.3 Å². The summed E-state index contributed by atoms with van der Waals surface area (Å²) < 4.78 is 25.1. The van der Waals surface area contributed by atoms with Crippen molar-refractivity contribution in [1.29, 1.82) is 0 Å². The number of fused-ring (bicyclic) bond motifs is 1. The van der Waals surface area contributed by atoms with Crippen molar-refractivity contribution >= 4 is 50.0 Å². The van der Waals surface area contributed by atoms with Crippen LogP contribution in [0.15, 0.2) is 18.2 Å². The molecule has 1 aromatic carbocycles. The molecular formula is C15H17Cl2N3O3S. The van der Waals surface area contributed by atoms with Gasteiger partial charge in [0.05, 0.1) is 11.3 Å². The van der Waals surface area contributed by atoms with E-state index in [1.807, 2.05) is 0 Å². The summed E-state index contributed by atoms with van der Waals surface area (Å²) in [6, 6.07) is 5.09. The molecule has 6 nitrogen and oxygen atoms in total. The van der Waals surface area contributed by atoms with Crippen molar-refractivity contribution in [2.75, 3.05) is 19.3 Å². The predicted molar refractivity (Wildman–Crippen MR) is 95.2 cm³/mol. The standard InChI is InChI=1S/C15H17Cl2N3O3S/c1-24(22,23)19-10-4-6-20(7-5-10)15(21)14-13(17)11-8-9(16)2-3-12(11)18-14/h2-3,8,10,18-19H,4-7H2,1H3. The first-order valence-electron chi connectivity index (χ1n) is 7.48. The van der Waals surface area contributed by atoms with E-state index in [0.717, 1.165) is 11.8 Å². The number of amides is 1. The Balaban J connectivity index is 1.75. The van der Waals surface area contributed by atoms with E-state index >= 15 is 0 Å². The fourth-order valence-corrected chi connectivity index (χ4v) is 4.24. The van der Waals surface area contributed by atoms with Crippen molar-refractivity contribution in [3.63, 3.8) is 0 Å². The second kappa shape index (κ2) is 6.55. The van der Waals surface area contributed by atoms with Gasteiger partial charge >= 0.3 is 0 Å². The highest BCUT2D eigenvalue weighted by Crippen LogP contribution is 2.30. The first kappa shape index (κ1) is 17.5. The van der Waals surface area contributed by atoms with Crippen LogP contribution in [0.1, 0.15) is 23.3 Å². The molecule has 9 heteroatoms. The first-order chi connectivity index (χ1) is 11.2. The molecule has 130 valence electrons. The van der Waals surface area contributed by atoms with Crippen molar-refractivity contribution in [1.82, 2.24) is 14.6 Å². The third-order valence-electron chi connectivity index (χ3n) is 4.07. The van der Waals surface area contributed by atoms with Gasteiger partial charge in [-0.1, -0.05) is 23.2 Å². The Bertz CT molecular complexity index is 887. The number of halogens is 2. The van der Waals surface area contributed by atoms with Crippen LogP contribution in [0.5, 0.6) is 0 Å². The van der Waals surface area contributed by atoms with Gasteiger partial charge in [0.2, 0.25) is 10.0 Å². The molecule has 0 unspecified atom stereocenters. The number of carbonyl (C=O) groups is 1. The van der Waals surface area contributed by atoms with Crippen LogP contribution in [0.3, 0.4) is 0 Å². The van der Waals surface area contributed by atoms with Gasteiger partial charge < -0.3 is 9.88 Å². The number of rotatable bonds is 3. The van der Waals surface area contributed by atoms with Gasteiger partial charge in [-0.25, -0.2) is 13.1 Å². The molecule has 1 aliphatic heterocycles. The molecular weight excluding hydrogens is 373 g/mol. The zero-order chi connectivity index (χ0) is 17.5. The van der Waals surface area contributed by atoms with Crippen molar-refractivity contribution < 1.29 is 13.2 Å². The minimum atomic E-state index is -3.24. The Morgan fingerprint density at radius 2 is 1.96 bits per heavy atom. The molecule has 2 aromatic rings. The molecule has 0 aliphatic carbocycles. The number of hydrogen-bond acceptors (Lipinski definition) is 3. The number of aromatic nitrogens is 1. The molecule has 1 saturated heterocycles. The van der Waals surface area contributed by atoms with Crippen molar-refractivity contribution in [3.8, 4) is 0 Å². The highest BCUT2D eigenvalue weighted by Gasteiger charge is 2.27. The monoisotopic (exact) mass is 389 g/mol. The van der Waals surface area contributed by atoms with Crippen molar-refractivity contribution in [2.45, 2.75) is 18.9 Å². The Hall–Kier alpha value is -1.28. The van der Waals surface area contributed by atoms with E-state index in [9.17, 15) is 13.2 Å². The summed E-state index contributed by atoms with van der Waals surface area (Å²) in [5, 5.41) is 1.62. The SMILES string of the molecule is CS(=O)(=O)NC1CCN(C(=O)c2[nH]c3ccc(Cl)cc3c2Cl)CC1. The predicted octanol–water partition coefficient (Wildman–Crippen LogP) is 2.63. The van der Waals surface area contributed by atoms with E-state index in [-0.39, 0.29) is 11.9 Å². The van der Waals surface area contributed by atoms with Gasteiger partial charge in [0.25, 0.3) is 5.91 Å². The molecule has 3 rings (SSSR count). The van der Waals surface area contributed by atoms with Gasteiger partial charge in [0.1, 0.15) is 5.69 Å². The summed E-state index contributed by atoms with van der Waals surface area (Å²) in [5.41, 5.74) is 1.09.